The van der Waals surface area contributed by atoms with Crippen molar-refractivity contribution >= 4 is 17.3 Å². The van der Waals surface area contributed by atoms with Gasteiger partial charge < -0.3 is 10.2 Å². The molecule has 0 bridgehead atoms. The molecule has 0 unspecified atom stereocenters. The first-order chi connectivity index (χ1) is 9.54. The van der Waals surface area contributed by atoms with Crippen LogP contribution in [0.3, 0.4) is 0 Å². The van der Waals surface area contributed by atoms with E-state index in [9.17, 15) is 13.6 Å². The molecule has 0 aliphatic carbocycles. The highest BCUT2D eigenvalue weighted by molar-refractivity contribution is 6.05. The Bertz CT molecular complexity index is 606. The van der Waals surface area contributed by atoms with E-state index in [0.29, 0.717) is 5.69 Å². The third kappa shape index (κ3) is 2.61. The zero-order valence-corrected chi connectivity index (χ0v) is 11.2. The van der Waals surface area contributed by atoms with Crippen molar-refractivity contribution in [3.05, 3.63) is 59.7 Å². The van der Waals surface area contributed by atoms with Gasteiger partial charge in [0.05, 0.1) is 0 Å². The summed E-state index contributed by atoms with van der Waals surface area (Å²) in [6.07, 6.45) is 0. The van der Waals surface area contributed by atoms with Gasteiger partial charge in [-0.05, 0) is 24.3 Å². The molecule has 0 aromatic heterocycles. The molecule has 2 aromatic rings. The highest BCUT2D eigenvalue weighted by Gasteiger charge is 2.18. The molecular weight excluding hydrogens is 262 g/mol. The standard InChI is InChI=1S/C15H14F2N2O/c1-18-14-12(16)8-10(9-13(14)17)15(20)19(2)11-6-4-3-5-7-11/h3-9,18H,1-2H3. The molecule has 3 nitrogen and oxygen atoms in total. The van der Waals surface area contributed by atoms with Gasteiger partial charge in [0.15, 0.2) is 0 Å². The van der Waals surface area contributed by atoms with Crippen molar-refractivity contribution in [2.45, 2.75) is 0 Å². The minimum Gasteiger partial charge on any atom is -0.383 e. The van der Waals surface area contributed by atoms with Gasteiger partial charge in [-0.15, -0.1) is 0 Å². The highest BCUT2D eigenvalue weighted by Crippen LogP contribution is 2.22. The lowest BCUT2D eigenvalue weighted by Gasteiger charge is -2.18. The van der Waals surface area contributed by atoms with Crippen molar-refractivity contribution < 1.29 is 13.6 Å². The van der Waals surface area contributed by atoms with Gasteiger partial charge in [-0.1, -0.05) is 18.2 Å². The lowest BCUT2D eigenvalue weighted by atomic mass is 10.1. The number of anilines is 2. The van der Waals surface area contributed by atoms with Crippen molar-refractivity contribution in [3.63, 3.8) is 0 Å². The van der Waals surface area contributed by atoms with Crippen LogP contribution < -0.4 is 10.2 Å². The summed E-state index contributed by atoms with van der Waals surface area (Å²) in [5, 5.41) is 2.42. The molecule has 0 saturated heterocycles. The summed E-state index contributed by atoms with van der Waals surface area (Å²) in [5.74, 6) is -2.06. The topological polar surface area (TPSA) is 32.3 Å². The molecule has 0 aliphatic heterocycles. The Morgan fingerprint density at radius 1 is 1.10 bits per heavy atom. The molecule has 20 heavy (non-hydrogen) atoms. The van der Waals surface area contributed by atoms with E-state index in [-0.39, 0.29) is 11.3 Å². The SMILES string of the molecule is CNc1c(F)cc(C(=O)N(C)c2ccccc2)cc1F. The van der Waals surface area contributed by atoms with Crippen molar-refractivity contribution in [2.75, 3.05) is 24.3 Å². The monoisotopic (exact) mass is 276 g/mol. The number of rotatable bonds is 3. The number of benzene rings is 2. The van der Waals surface area contributed by atoms with E-state index in [1.165, 1.54) is 11.9 Å². The summed E-state index contributed by atoms with van der Waals surface area (Å²) < 4.78 is 27.3. The predicted octanol–water partition coefficient (Wildman–Crippen LogP) is 3.28. The molecule has 1 N–H and O–H groups in total. The first kappa shape index (κ1) is 14.0. The van der Waals surface area contributed by atoms with Gasteiger partial charge in [0.2, 0.25) is 0 Å². The van der Waals surface area contributed by atoms with Crippen LogP contribution in [-0.2, 0) is 0 Å². The van der Waals surface area contributed by atoms with Crippen LogP contribution in [0, 0.1) is 11.6 Å². The quantitative estimate of drug-likeness (QED) is 0.933. The Labute approximate surface area is 115 Å². The number of amides is 1. The third-order valence-electron chi connectivity index (χ3n) is 2.99. The van der Waals surface area contributed by atoms with Crippen molar-refractivity contribution in [2.24, 2.45) is 0 Å². The summed E-state index contributed by atoms with van der Waals surface area (Å²) in [4.78, 5) is 13.6. The van der Waals surface area contributed by atoms with Crippen LogP contribution in [0.25, 0.3) is 0 Å². The molecule has 104 valence electrons. The lowest BCUT2D eigenvalue weighted by Crippen LogP contribution is -2.26. The van der Waals surface area contributed by atoms with Crippen LogP contribution in [0.5, 0.6) is 0 Å². The summed E-state index contributed by atoms with van der Waals surface area (Å²) in [6.45, 7) is 0. The molecule has 0 spiro atoms. The highest BCUT2D eigenvalue weighted by atomic mass is 19.1. The van der Waals surface area contributed by atoms with Crippen LogP contribution in [0.15, 0.2) is 42.5 Å². The van der Waals surface area contributed by atoms with E-state index >= 15 is 0 Å². The van der Waals surface area contributed by atoms with Gasteiger partial charge in [-0.25, -0.2) is 8.78 Å². The number of carbonyl (C=O) groups is 1. The van der Waals surface area contributed by atoms with E-state index in [4.69, 9.17) is 0 Å². The molecule has 0 heterocycles. The Hall–Kier alpha value is -2.43. The van der Waals surface area contributed by atoms with E-state index in [1.807, 2.05) is 6.07 Å². The normalized spacial score (nSPS) is 10.2. The van der Waals surface area contributed by atoms with Gasteiger partial charge in [-0.3, -0.25) is 4.79 Å². The molecule has 0 fully saturated rings. The van der Waals surface area contributed by atoms with Crippen molar-refractivity contribution in [3.8, 4) is 0 Å². The number of hydrogen-bond donors (Lipinski definition) is 1. The Balaban J connectivity index is 2.35. The lowest BCUT2D eigenvalue weighted by molar-refractivity contribution is 0.0992. The van der Waals surface area contributed by atoms with Crippen molar-refractivity contribution in [1.29, 1.82) is 0 Å². The third-order valence-corrected chi connectivity index (χ3v) is 2.99. The minimum absolute atomic E-state index is 0.0367. The average molecular weight is 276 g/mol. The number of halogens is 2. The van der Waals surface area contributed by atoms with Gasteiger partial charge in [-0.2, -0.15) is 0 Å². The fraction of sp³-hybridized carbons (Fsp3) is 0.133. The molecule has 0 radical (unpaired) electrons. The predicted molar refractivity (Wildman–Crippen MR) is 75.1 cm³/mol. The smallest absolute Gasteiger partial charge is 0.258 e. The van der Waals surface area contributed by atoms with Gasteiger partial charge >= 0.3 is 0 Å². The van der Waals surface area contributed by atoms with Crippen LogP contribution in [0.1, 0.15) is 10.4 Å². The molecule has 1 amide bonds. The second kappa shape index (κ2) is 5.69. The largest absolute Gasteiger partial charge is 0.383 e. The van der Waals surface area contributed by atoms with Crippen molar-refractivity contribution in [1.82, 2.24) is 0 Å². The molecule has 0 saturated carbocycles. The van der Waals surface area contributed by atoms with Gasteiger partial charge in [0.1, 0.15) is 17.3 Å². The molecule has 2 rings (SSSR count). The van der Waals surface area contributed by atoms with E-state index in [2.05, 4.69) is 5.32 Å². The van der Waals surface area contributed by atoms with Gasteiger partial charge in [0.25, 0.3) is 5.91 Å². The first-order valence-electron chi connectivity index (χ1n) is 6.04. The summed E-state index contributed by atoms with van der Waals surface area (Å²) in [5.41, 5.74) is 0.366. The molecular formula is C15H14F2N2O. The number of nitrogens with zero attached hydrogens (tertiary/aromatic N) is 1. The van der Waals surface area contributed by atoms with E-state index < -0.39 is 17.5 Å². The fourth-order valence-electron chi connectivity index (χ4n) is 1.90. The second-order valence-electron chi connectivity index (χ2n) is 4.26. The maximum atomic E-state index is 13.7. The second-order valence-corrected chi connectivity index (χ2v) is 4.26. The number of hydrogen-bond acceptors (Lipinski definition) is 2. The van der Waals surface area contributed by atoms with Crippen LogP contribution in [-0.4, -0.2) is 20.0 Å². The molecule has 0 aliphatic rings. The van der Waals surface area contributed by atoms with E-state index in [0.717, 1.165) is 12.1 Å². The Kier molecular flexibility index (Phi) is 3.98. The maximum absolute atomic E-state index is 13.7. The number of nitrogens with one attached hydrogen (secondary N) is 1. The first-order valence-corrected chi connectivity index (χ1v) is 6.04. The van der Waals surface area contributed by atoms with Gasteiger partial charge in [0, 0.05) is 25.3 Å². The van der Waals surface area contributed by atoms with Crippen LogP contribution in [0.4, 0.5) is 20.2 Å². The zero-order chi connectivity index (χ0) is 14.7. The average Bonchev–Trinajstić information content (AvgIpc) is 2.46. The summed E-state index contributed by atoms with van der Waals surface area (Å²) in [7, 11) is 2.97. The maximum Gasteiger partial charge on any atom is 0.258 e. The summed E-state index contributed by atoms with van der Waals surface area (Å²) in [6, 6.07) is 10.9. The minimum atomic E-state index is -0.794. The fourth-order valence-corrected chi connectivity index (χ4v) is 1.90. The van der Waals surface area contributed by atoms with Crippen LogP contribution >= 0.6 is 0 Å². The number of para-hydroxylation sites is 1. The molecule has 0 atom stereocenters. The Morgan fingerprint density at radius 3 is 2.15 bits per heavy atom. The summed E-state index contributed by atoms with van der Waals surface area (Å²) >= 11 is 0. The Morgan fingerprint density at radius 2 is 1.65 bits per heavy atom. The number of carbonyl (C=O) groups excluding carboxylic acids is 1. The zero-order valence-electron chi connectivity index (χ0n) is 11.2. The molecule has 2 aromatic carbocycles. The molecule has 5 heteroatoms. The van der Waals surface area contributed by atoms with Crippen LogP contribution in [0.2, 0.25) is 0 Å². The van der Waals surface area contributed by atoms with E-state index in [1.54, 1.807) is 31.3 Å².